The molecular weight excluding hydrogens is 384 g/mol. The summed E-state index contributed by atoms with van der Waals surface area (Å²) in [4.78, 5) is 25.6. The average Bonchev–Trinajstić information content (AvgIpc) is 2.74. The van der Waals surface area contributed by atoms with Gasteiger partial charge in [0, 0.05) is 12.7 Å². The molecule has 2 heterocycles. The van der Waals surface area contributed by atoms with Crippen molar-refractivity contribution < 1.29 is 14.3 Å². The number of hydrogen-bond acceptors (Lipinski definition) is 6. The Morgan fingerprint density at radius 2 is 1.80 bits per heavy atom. The fraction of sp³-hybridized carbons (Fsp3) is 0.273. The van der Waals surface area contributed by atoms with E-state index >= 15 is 0 Å². The number of anilines is 1. The molecule has 8 nitrogen and oxygen atoms in total. The molecule has 0 fully saturated rings. The van der Waals surface area contributed by atoms with Crippen LogP contribution in [0.5, 0.6) is 11.5 Å². The van der Waals surface area contributed by atoms with Crippen LogP contribution < -0.4 is 20.3 Å². The van der Waals surface area contributed by atoms with E-state index in [4.69, 9.17) is 9.47 Å². The van der Waals surface area contributed by atoms with Gasteiger partial charge in [0.15, 0.2) is 17.3 Å². The van der Waals surface area contributed by atoms with E-state index in [1.165, 1.54) is 4.57 Å². The molecule has 8 heteroatoms. The van der Waals surface area contributed by atoms with E-state index < -0.39 is 5.91 Å². The van der Waals surface area contributed by atoms with Gasteiger partial charge < -0.3 is 19.4 Å². The maximum absolute atomic E-state index is 12.9. The SMILES string of the molecule is COc1ccc(CCn2ccc(C)c(C(=O)Nc3ccc(C)nn3)c2=O)cc1OC. The third-order valence-corrected chi connectivity index (χ3v) is 4.73. The minimum absolute atomic E-state index is 0.0900. The Kier molecular flexibility index (Phi) is 6.46. The molecular formula is C22H24N4O4. The summed E-state index contributed by atoms with van der Waals surface area (Å²) in [5, 5.41) is 10.5. The van der Waals surface area contributed by atoms with E-state index in [0.717, 1.165) is 11.3 Å². The first-order chi connectivity index (χ1) is 14.4. The Morgan fingerprint density at radius 3 is 2.47 bits per heavy atom. The van der Waals surface area contributed by atoms with Gasteiger partial charge in [0.2, 0.25) is 0 Å². The molecule has 0 atom stereocenters. The molecule has 0 aliphatic heterocycles. The van der Waals surface area contributed by atoms with Crippen molar-refractivity contribution in [2.45, 2.75) is 26.8 Å². The first-order valence-corrected chi connectivity index (χ1v) is 9.45. The number of methoxy groups -OCH3 is 2. The minimum atomic E-state index is -0.504. The molecule has 1 aromatic carbocycles. The molecule has 0 saturated carbocycles. The summed E-state index contributed by atoms with van der Waals surface area (Å²) in [5.41, 5.74) is 2.06. The molecule has 0 spiro atoms. The zero-order valence-electron chi connectivity index (χ0n) is 17.4. The van der Waals surface area contributed by atoms with Gasteiger partial charge in [0.25, 0.3) is 11.5 Å². The number of rotatable bonds is 7. The smallest absolute Gasteiger partial charge is 0.263 e. The van der Waals surface area contributed by atoms with Gasteiger partial charge in [0.05, 0.1) is 19.9 Å². The number of amides is 1. The highest BCUT2D eigenvalue weighted by Crippen LogP contribution is 2.27. The second-order valence-corrected chi connectivity index (χ2v) is 6.83. The van der Waals surface area contributed by atoms with Gasteiger partial charge in [-0.25, -0.2) is 0 Å². The lowest BCUT2D eigenvalue weighted by Crippen LogP contribution is -2.30. The van der Waals surface area contributed by atoms with Crippen LogP contribution in [0, 0.1) is 13.8 Å². The maximum atomic E-state index is 12.9. The molecule has 0 bridgehead atoms. The predicted octanol–water partition coefficient (Wildman–Crippen LogP) is 2.77. The molecule has 2 aromatic heterocycles. The molecule has 30 heavy (non-hydrogen) atoms. The lowest BCUT2D eigenvalue weighted by Gasteiger charge is -2.12. The van der Waals surface area contributed by atoms with Crippen LogP contribution in [0.15, 0.2) is 47.4 Å². The van der Waals surface area contributed by atoms with Crippen molar-refractivity contribution in [1.29, 1.82) is 0 Å². The predicted molar refractivity (Wildman–Crippen MR) is 113 cm³/mol. The molecule has 0 aliphatic rings. The van der Waals surface area contributed by atoms with Crippen molar-refractivity contribution in [3.05, 3.63) is 75.3 Å². The van der Waals surface area contributed by atoms with Gasteiger partial charge >= 0.3 is 0 Å². The molecule has 0 aliphatic carbocycles. The zero-order valence-corrected chi connectivity index (χ0v) is 17.4. The van der Waals surface area contributed by atoms with Crippen LogP contribution in [0.25, 0.3) is 0 Å². The topological polar surface area (TPSA) is 95.3 Å². The summed E-state index contributed by atoms with van der Waals surface area (Å²) in [5.74, 6) is 1.07. The molecule has 3 aromatic rings. The van der Waals surface area contributed by atoms with Crippen LogP contribution in [-0.4, -0.2) is 34.9 Å². The van der Waals surface area contributed by atoms with Crippen molar-refractivity contribution >= 4 is 11.7 Å². The van der Waals surface area contributed by atoms with E-state index in [9.17, 15) is 9.59 Å². The Labute approximate surface area is 174 Å². The van der Waals surface area contributed by atoms with E-state index in [-0.39, 0.29) is 11.1 Å². The standard InChI is InChI=1S/C22H24N4O4/c1-14-9-11-26(12-10-16-6-7-17(29-3)18(13-16)30-4)22(28)20(14)21(27)23-19-8-5-15(2)24-25-19/h5-9,11,13H,10,12H2,1-4H3,(H,23,25,27). The first-order valence-electron chi connectivity index (χ1n) is 9.45. The summed E-state index contributed by atoms with van der Waals surface area (Å²) < 4.78 is 12.1. The summed E-state index contributed by atoms with van der Waals surface area (Å²) in [6.45, 7) is 3.95. The molecule has 156 valence electrons. The van der Waals surface area contributed by atoms with Crippen molar-refractivity contribution in [1.82, 2.24) is 14.8 Å². The van der Waals surface area contributed by atoms with Gasteiger partial charge in [-0.2, -0.15) is 5.10 Å². The molecule has 0 saturated heterocycles. The lowest BCUT2D eigenvalue weighted by atomic mass is 10.1. The molecule has 0 radical (unpaired) electrons. The summed E-state index contributed by atoms with van der Waals surface area (Å²) in [7, 11) is 3.16. The molecule has 0 unspecified atom stereocenters. The van der Waals surface area contributed by atoms with Crippen molar-refractivity contribution in [2.75, 3.05) is 19.5 Å². The van der Waals surface area contributed by atoms with Crippen LogP contribution >= 0.6 is 0 Å². The van der Waals surface area contributed by atoms with Crippen LogP contribution in [-0.2, 0) is 13.0 Å². The second kappa shape index (κ2) is 9.21. The highest BCUT2D eigenvalue weighted by atomic mass is 16.5. The zero-order chi connectivity index (χ0) is 21.7. The number of aromatic nitrogens is 3. The number of benzene rings is 1. The quantitative estimate of drug-likeness (QED) is 0.646. The van der Waals surface area contributed by atoms with E-state index in [2.05, 4.69) is 15.5 Å². The van der Waals surface area contributed by atoms with Gasteiger partial charge in [-0.3, -0.25) is 9.59 Å². The number of ether oxygens (including phenoxy) is 2. The Balaban J connectivity index is 1.79. The Bertz CT molecular complexity index is 1110. The van der Waals surface area contributed by atoms with Gasteiger partial charge in [-0.05, 0) is 61.7 Å². The highest BCUT2D eigenvalue weighted by molar-refractivity contribution is 6.04. The number of carbonyl (C=O) groups excluding carboxylic acids is 1. The monoisotopic (exact) mass is 408 g/mol. The largest absolute Gasteiger partial charge is 0.493 e. The maximum Gasteiger partial charge on any atom is 0.263 e. The van der Waals surface area contributed by atoms with E-state index in [1.807, 2.05) is 18.2 Å². The molecule has 1 N–H and O–H groups in total. The lowest BCUT2D eigenvalue weighted by molar-refractivity contribution is 0.102. The van der Waals surface area contributed by atoms with Crippen molar-refractivity contribution in [2.24, 2.45) is 0 Å². The summed E-state index contributed by atoms with van der Waals surface area (Å²) in [6.07, 6.45) is 2.29. The molecule has 3 rings (SSSR count). The Morgan fingerprint density at radius 1 is 1.03 bits per heavy atom. The third-order valence-electron chi connectivity index (χ3n) is 4.73. The number of nitrogens with zero attached hydrogens (tertiary/aromatic N) is 3. The van der Waals surface area contributed by atoms with Gasteiger partial charge in [-0.15, -0.1) is 5.10 Å². The fourth-order valence-corrected chi connectivity index (χ4v) is 3.05. The number of hydrogen-bond donors (Lipinski definition) is 1. The van der Waals surface area contributed by atoms with E-state index in [1.54, 1.807) is 52.5 Å². The molecule has 1 amide bonds. The number of carbonyl (C=O) groups is 1. The van der Waals surface area contributed by atoms with Crippen LogP contribution in [0.2, 0.25) is 0 Å². The van der Waals surface area contributed by atoms with E-state index in [0.29, 0.717) is 35.8 Å². The summed E-state index contributed by atoms with van der Waals surface area (Å²) >= 11 is 0. The first kappa shape index (κ1) is 21.0. The van der Waals surface area contributed by atoms with Crippen molar-refractivity contribution in [3.63, 3.8) is 0 Å². The highest BCUT2D eigenvalue weighted by Gasteiger charge is 2.17. The van der Waals surface area contributed by atoms with Gasteiger partial charge in [-0.1, -0.05) is 6.07 Å². The number of nitrogens with one attached hydrogen (secondary N) is 1. The third kappa shape index (κ3) is 4.65. The normalized spacial score (nSPS) is 10.5. The number of aryl methyl sites for hydroxylation is 4. The van der Waals surface area contributed by atoms with Crippen LogP contribution in [0.3, 0.4) is 0 Å². The van der Waals surface area contributed by atoms with Crippen molar-refractivity contribution in [3.8, 4) is 11.5 Å². The second-order valence-electron chi connectivity index (χ2n) is 6.83. The number of pyridine rings is 1. The van der Waals surface area contributed by atoms with Crippen LogP contribution in [0.1, 0.15) is 27.2 Å². The Hall–Kier alpha value is -3.68. The van der Waals surface area contributed by atoms with Gasteiger partial charge in [0.1, 0.15) is 5.56 Å². The van der Waals surface area contributed by atoms with Crippen LogP contribution in [0.4, 0.5) is 5.82 Å². The average molecular weight is 408 g/mol. The summed E-state index contributed by atoms with van der Waals surface area (Å²) in [6, 6.07) is 10.8. The fourth-order valence-electron chi connectivity index (χ4n) is 3.05. The minimum Gasteiger partial charge on any atom is -0.493 e.